The van der Waals surface area contributed by atoms with Gasteiger partial charge in [0.1, 0.15) is 0 Å². The zero-order chi connectivity index (χ0) is 12.7. The average molecular weight is 233 g/mol. The molecule has 0 fully saturated rings. The molecule has 94 valence electrons. The van der Waals surface area contributed by atoms with E-state index >= 15 is 0 Å². The van der Waals surface area contributed by atoms with Gasteiger partial charge in [-0.3, -0.25) is 0 Å². The SMILES string of the molecule is C=CC(COC)Nc1c(CC)cccc1CC. The highest BCUT2D eigenvalue weighted by Crippen LogP contribution is 2.23. The largest absolute Gasteiger partial charge is 0.382 e. The molecule has 0 aliphatic carbocycles. The van der Waals surface area contributed by atoms with Gasteiger partial charge in [0.25, 0.3) is 0 Å². The molecule has 17 heavy (non-hydrogen) atoms. The Hall–Kier alpha value is -1.28. The molecule has 1 atom stereocenters. The minimum Gasteiger partial charge on any atom is -0.382 e. The van der Waals surface area contributed by atoms with Crippen molar-refractivity contribution in [3.63, 3.8) is 0 Å². The van der Waals surface area contributed by atoms with E-state index in [1.165, 1.54) is 16.8 Å². The summed E-state index contributed by atoms with van der Waals surface area (Å²) in [5.41, 5.74) is 3.96. The van der Waals surface area contributed by atoms with Crippen molar-refractivity contribution in [3.8, 4) is 0 Å². The summed E-state index contributed by atoms with van der Waals surface area (Å²) >= 11 is 0. The maximum atomic E-state index is 5.18. The normalized spacial score (nSPS) is 12.2. The Labute approximate surface area is 105 Å². The predicted octanol–water partition coefficient (Wildman–Crippen LogP) is 3.42. The van der Waals surface area contributed by atoms with Gasteiger partial charge in [0.15, 0.2) is 0 Å². The molecule has 2 heteroatoms. The molecule has 0 aliphatic heterocycles. The Morgan fingerprint density at radius 2 is 1.88 bits per heavy atom. The fourth-order valence-corrected chi connectivity index (χ4v) is 1.96. The monoisotopic (exact) mass is 233 g/mol. The van der Waals surface area contributed by atoms with Crippen LogP contribution in [0.3, 0.4) is 0 Å². The van der Waals surface area contributed by atoms with Gasteiger partial charge in [0.2, 0.25) is 0 Å². The van der Waals surface area contributed by atoms with Crippen LogP contribution in [0.15, 0.2) is 30.9 Å². The van der Waals surface area contributed by atoms with Crippen molar-refractivity contribution in [2.24, 2.45) is 0 Å². The second-order valence-corrected chi connectivity index (χ2v) is 4.10. The van der Waals surface area contributed by atoms with Crippen molar-refractivity contribution in [1.82, 2.24) is 0 Å². The third-order valence-corrected chi connectivity index (χ3v) is 2.96. The molecule has 0 aromatic heterocycles. The lowest BCUT2D eigenvalue weighted by Gasteiger charge is -2.20. The summed E-state index contributed by atoms with van der Waals surface area (Å²) in [7, 11) is 1.71. The van der Waals surface area contributed by atoms with E-state index in [4.69, 9.17) is 4.74 Å². The van der Waals surface area contributed by atoms with Crippen LogP contribution in [0.4, 0.5) is 5.69 Å². The van der Waals surface area contributed by atoms with Crippen LogP contribution in [-0.2, 0) is 17.6 Å². The maximum absolute atomic E-state index is 5.18. The van der Waals surface area contributed by atoms with E-state index in [2.05, 4.69) is 43.9 Å². The van der Waals surface area contributed by atoms with Crippen molar-refractivity contribution in [2.75, 3.05) is 19.0 Å². The molecule has 0 saturated carbocycles. The first kappa shape index (κ1) is 13.8. The number of benzene rings is 1. The molecule has 0 heterocycles. The highest BCUT2D eigenvalue weighted by atomic mass is 16.5. The number of ether oxygens (including phenoxy) is 1. The smallest absolute Gasteiger partial charge is 0.0700 e. The number of para-hydroxylation sites is 1. The van der Waals surface area contributed by atoms with Gasteiger partial charge in [-0.05, 0) is 24.0 Å². The molecule has 0 aliphatic rings. The number of methoxy groups -OCH3 is 1. The van der Waals surface area contributed by atoms with Gasteiger partial charge in [-0.15, -0.1) is 6.58 Å². The first-order valence-corrected chi connectivity index (χ1v) is 6.25. The van der Waals surface area contributed by atoms with Gasteiger partial charge in [0, 0.05) is 12.8 Å². The molecule has 0 spiro atoms. The third-order valence-electron chi connectivity index (χ3n) is 2.96. The van der Waals surface area contributed by atoms with E-state index in [0.29, 0.717) is 6.61 Å². The first-order valence-electron chi connectivity index (χ1n) is 6.25. The highest BCUT2D eigenvalue weighted by Gasteiger charge is 2.10. The van der Waals surface area contributed by atoms with Crippen LogP contribution in [0.25, 0.3) is 0 Å². The number of nitrogens with one attached hydrogen (secondary N) is 1. The molecule has 1 aromatic rings. The molecule has 0 radical (unpaired) electrons. The number of anilines is 1. The Balaban J connectivity index is 2.97. The second kappa shape index (κ2) is 7.13. The van der Waals surface area contributed by atoms with Crippen LogP contribution in [0.5, 0.6) is 0 Å². The van der Waals surface area contributed by atoms with E-state index in [1.807, 2.05) is 6.08 Å². The molecule has 1 unspecified atom stereocenters. The van der Waals surface area contributed by atoms with Crippen molar-refractivity contribution in [3.05, 3.63) is 42.0 Å². The molecule has 1 N–H and O–H groups in total. The number of rotatable bonds is 7. The van der Waals surface area contributed by atoms with E-state index in [0.717, 1.165) is 12.8 Å². The molecule has 0 amide bonds. The van der Waals surface area contributed by atoms with Crippen molar-refractivity contribution in [2.45, 2.75) is 32.7 Å². The Kier molecular flexibility index (Phi) is 5.78. The molecule has 1 rings (SSSR count). The Bertz CT molecular complexity index is 338. The summed E-state index contributed by atoms with van der Waals surface area (Å²) in [5.74, 6) is 0. The van der Waals surface area contributed by atoms with Gasteiger partial charge in [0.05, 0.1) is 12.6 Å². The van der Waals surface area contributed by atoms with Crippen LogP contribution < -0.4 is 5.32 Å². The predicted molar refractivity (Wildman–Crippen MR) is 74.7 cm³/mol. The summed E-state index contributed by atoms with van der Waals surface area (Å²) in [4.78, 5) is 0. The summed E-state index contributed by atoms with van der Waals surface area (Å²) in [6, 6.07) is 6.64. The van der Waals surface area contributed by atoms with Crippen LogP contribution in [0.2, 0.25) is 0 Å². The van der Waals surface area contributed by atoms with E-state index in [-0.39, 0.29) is 6.04 Å². The first-order chi connectivity index (χ1) is 8.26. The summed E-state index contributed by atoms with van der Waals surface area (Å²) < 4.78 is 5.18. The van der Waals surface area contributed by atoms with Gasteiger partial charge in [-0.1, -0.05) is 38.1 Å². The summed E-state index contributed by atoms with van der Waals surface area (Å²) in [6.45, 7) is 8.85. The molecular formula is C15H23NO. The van der Waals surface area contributed by atoms with Crippen molar-refractivity contribution < 1.29 is 4.74 Å². The van der Waals surface area contributed by atoms with Crippen molar-refractivity contribution in [1.29, 1.82) is 0 Å². The van der Waals surface area contributed by atoms with Gasteiger partial charge in [-0.25, -0.2) is 0 Å². The standard InChI is InChI=1S/C15H23NO/c1-5-12-9-8-10-13(6-2)15(12)16-14(7-3)11-17-4/h7-10,14,16H,3,5-6,11H2,1-2,4H3. The minimum absolute atomic E-state index is 0.165. The van der Waals surface area contributed by atoms with Gasteiger partial charge in [-0.2, -0.15) is 0 Å². The lowest BCUT2D eigenvalue weighted by molar-refractivity contribution is 0.196. The number of hydrogen-bond acceptors (Lipinski definition) is 2. The summed E-state index contributed by atoms with van der Waals surface area (Å²) in [5, 5.41) is 3.53. The molecular weight excluding hydrogens is 210 g/mol. The maximum Gasteiger partial charge on any atom is 0.0700 e. The van der Waals surface area contributed by atoms with Crippen LogP contribution in [-0.4, -0.2) is 19.8 Å². The van der Waals surface area contributed by atoms with Crippen LogP contribution >= 0.6 is 0 Å². The van der Waals surface area contributed by atoms with Crippen molar-refractivity contribution >= 4 is 5.69 Å². The zero-order valence-electron chi connectivity index (χ0n) is 11.1. The lowest BCUT2D eigenvalue weighted by Crippen LogP contribution is -2.23. The quantitative estimate of drug-likeness (QED) is 0.729. The van der Waals surface area contributed by atoms with E-state index in [1.54, 1.807) is 7.11 Å². The fraction of sp³-hybridized carbons (Fsp3) is 0.467. The molecule has 0 bridgehead atoms. The topological polar surface area (TPSA) is 21.3 Å². The molecule has 1 aromatic carbocycles. The lowest BCUT2D eigenvalue weighted by atomic mass is 10.0. The highest BCUT2D eigenvalue weighted by molar-refractivity contribution is 5.59. The summed E-state index contributed by atoms with van der Waals surface area (Å²) in [6.07, 6.45) is 3.97. The minimum atomic E-state index is 0.165. The van der Waals surface area contributed by atoms with Crippen LogP contribution in [0.1, 0.15) is 25.0 Å². The zero-order valence-corrected chi connectivity index (χ0v) is 11.1. The van der Waals surface area contributed by atoms with Crippen LogP contribution in [0, 0.1) is 0 Å². The Morgan fingerprint density at radius 1 is 1.29 bits per heavy atom. The van der Waals surface area contributed by atoms with Gasteiger partial charge < -0.3 is 10.1 Å². The number of aryl methyl sites for hydroxylation is 2. The average Bonchev–Trinajstić information content (AvgIpc) is 2.38. The van der Waals surface area contributed by atoms with E-state index in [9.17, 15) is 0 Å². The Morgan fingerprint density at radius 3 is 2.29 bits per heavy atom. The fourth-order valence-electron chi connectivity index (χ4n) is 1.96. The molecule has 0 saturated heterocycles. The second-order valence-electron chi connectivity index (χ2n) is 4.10. The third kappa shape index (κ3) is 3.60. The molecule has 2 nitrogen and oxygen atoms in total. The van der Waals surface area contributed by atoms with Gasteiger partial charge >= 0.3 is 0 Å². The van der Waals surface area contributed by atoms with E-state index < -0.39 is 0 Å². The number of hydrogen-bond donors (Lipinski definition) is 1.